The molecule has 0 aliphatic carbocycles. The zero-order valence-corrected chi connectivity index (χ0v) is 10.6. The zero-order chi connectivity index (χ0) is 9.36. The van der Waals surface area contributed by atoms with Gasteiger partial charge in [-0.05, 0) is 10.3 Å². The van der Waals surface area contributed by atoms with E-state index >= 15 is 0 Å². The van der Waals surface area contributed by atoms with Crippen LogP contribution < -0.4 is 5.32 Å². The SMILES string of the molecule is C1=CC[I]C=C1.CSC1=NCCN1. The van der Waals surface area contributed by atoms with E-state index in [0.29, 0.717) is 21.2 Å². The van der Waals surface area contributed by atoms with Crippen LogP contribution in [0.1, 0.15) is 0 Å². The highest BCUT2D eigenvalue weighted by Crippen LogP contribution is 2.15. The second-order valence-corrected chi connectivity index (χ2v) is 5.65. The summed E-state index contributed by atoms with van der Waals surface area (Å²) in [5, 5.41) is 4.20. The molecule has 0 aromatic heterocycles. The molecule has 2 aliphatic rings. The number of aliphatic imine (C=N–C) groups is 1. The minimum atomic E-state index is 0.447. The van der Waals surface area contributed by atoms with Crippen LogP contribution >= 0.6 is 33.0 Å². The summed E-state index contributed by atoms with van der Waals surface area (Å²) < 4.78 is 3.63. The molecule has 0 unspecified atom stereocenters. The second kappa shape index (κ2) is 7.44. The summed E-state index contributed by atoms with van der Waals surface area (Å²) in [4.78, 5) is 4.12. The van der Waals surface area contributed by atoms with Gasteiger partial charge in [0.2, 0.25) is 0 Å². The van der Waals surface area contributed by atoms with Crippen molar-refractivity contribution in [1.29, 1.82) is 0 Å². The third kappa shape index (κ3) is 5.36. The highest BCUT2D eigenvalue weighted by atomic mass is 127. The van der Waals surface area contributed by atoms with Gasteiger partial charge in [-0.2, -0.15) is 0 Å². The number of hydrogen-bond acceptors (Lipinski definition) is 3. The van der Waals surface area contributed by atoms with Gasteiger partial charge in [0, 0.05) is 11.0 Å². The molecule has 13 heavy (non-hydrogen) atoms. The van der Waals surface area contributed by atoms with Crippen molar-refractivity contribution in [2.75, 3.05) is 23.8 Å². The van der Waals surface area contributed by atoms with E-state index in [4.69, 9.17) is 0 Å². The fourth-order valence-corrected chi connectivity index (χ4v) is 2.72. The second-order valence-electron chi connectivity index (χ2n) is 2.37. The van der Waals surface area contributed by atoms with Gasteiger partial charge in [0.25, 0.3) is 0 Å². The third-order valence-corrected chi connectivity index (χ3v) is 4.02. The molecule has 1 radical (unpaired) electrons. The van der Waals surface area contributed by atoms with Gasteiger partial charge in [0.05, 0.1) is 6.54 Å². The molecule has 1 N–H and O–H groups in total. The van der Waals surface area contributed by atoms with Crippen LogP contribution in [0.4, 0.5) is 0 Å². The van der Waals surface area contributed by atoms with Crippen LogP contribution in [-0.2, 0) is 0 Å². The Kier molecular flexibility index (Phi) is 6.35. The van der Waals surface area contributed by atoms with Crippen LogP contribution in [-0.4, -0.2) is 28.9 Å². The fraction of sp³-hybridized carbons (Fsp3) is 0.444. The van der Waals surface area contributed by atoms with Gasteiger partial charge in [-0.15, -0.1) is 21.2 Å². The van der Waals surface area contributed by atoms with Crippen LogP contribution in [0.25, 0.3) is 0 Å². The largest absolute Gasteiger partial charge is 0.363 e. The van der Waals surface area contributed by atoms with E-state index in [1.807, 2.05) is 6.26 Å². The highest BCUT2D eigenvalue weighted by molar-refractivity contribution is 14.2. The number of thioether (sulfide) groups is 1. The molecular weight excluding hydrogens is 295 g/mol. The average molecular weight is 309 g/mol. The Labute approximate surface area is 94.2 Å². The first-order chi connectivity index (χ1) is 6.43. The molecule has 0 saturated heterocycles. The summed E-state index contributed by atoms with van der Waals surface area (Å²) in [6.07, 6.45) is 8.50. The van der Waals surface area contributed by atoms with Crippen molar-refractivity contribution < 1.29 is 0 Å². The Morgan fingerprint density at radius 3 is 2.69 bits per heavy atom. The van der Waals surface area contributed by atoms with Crippen molar-refractivity contribution >= 4 is 38.1 Å². The first-order valence-corrected chi connectivity index (χ1v) is 8.15. The van der Waals surface area contributed by atoms with E-state index in [1.165, 1.54) is 4.43 Å². The Morgan fingerprint density at radius 2 is 2.46 bits per heavy atom. The topological polar surface area (TPSA) is 24.4 Å². The summed E-state index contributed by atoms with van der Waals surface area (Å²) in [6.45, 7) is 1.98. The Hall–Kier alpha value is 0.0300. The summed E-state index contributed by atoms with van der Waals surface area (Å²) >= 11 is 2.12. The normalized spacial score (nSPS) is 18.7. The number of allylic oxidation sites excluding steroid dienone is 3. The maximum atomic E-state index is 4.12. The van der Waals surface area contributed by atoms with Gasteiger partial charge in [-0.3, -0.25) is 4.99 Å². The van der Waals surface area contributed by atoms with Gasteiger partial charge in [-0.1, -0.05) is 30.0 Å². The zero-order valence-electron chi connectivity index (χ0n) is 7.66. The number of alkyl halides is 1. The maximum Gasteiger partial charge on any atom is 0.156 e. The van der Waals surface area contributed by atoms with E-state index in [9.17, 15) is 0 Å². The summed E-state index contributed by atoms with van der Waals surface area (Å²) in [5.41, 5.74) is 0. The van der Waals surface area contributed by atoms with Gasteiger partial charge >= 0.3 is 0 Å². The van der Waals surface area contributed by atoms with Crippen molar-refractivity contribution in [2.24, 2.45) is 4.99 Å². The summed E-state index contributed by atoms with van der Waals surface area (Å²) in [6, 6.07) is 0. The molecule has 2 nitrogen and oxygen atoms in total. The first-order valence-electron chi connectivity index (χ1n) is 4.15. The van der Waals surface area contributed by atoms with Crippen LogP contribution in [0.2, 0.25) is 0 Å². The molecule has 0 aromatic carbocycles. The lowest BCUT2D eigenvalue weighted by molar-refractivity contribution is 0.963. The van der Waals surface area contributed by atoms with E-state index in [1.54, 1.807) is 11.8 Å². The molecule has 2 rings (SSSR count). The quantitative estimate of drug-likeness (QED) is 0.549. The van der Waals surface area contributed by atoms with Crippen LogP contribution in [0.3, 0.4) is 0 Å². The molecule has 2 heterocycles. The number of amidine groups is 1. The highest BCUT2D eigenvalue weighted by Gasteiger charge is 1.99. The standard InChI is InChI=1S/C5H6I.C4H8N2S/c1-2-4-6-5-3-1;1-7-4-5-2-3-6-4/h1-4H,5H2;2-3H2,1H3,(H,5,6). The van der Waals surface area contributed by atoms with Crippen molar-refractivity contribution in [3.05, 3.63) is 22.3 Å². The predicted octanol–water partition coefficient (Wildman–Crippen LogP) is 2.35. The molecule has 4 heteroatoms. The van der Waals surface area contributed by atoms with Crippen molar-refractivity contribution in [2.45, 2.75) is 0 Å². The van der Waals surface area contributed by atoms with Gasteiger partial charge < -0.3 is 5.32 Å². The summed E-state index contributed by atoms with van der Waals surface area (Å²) in [7, 11) is 0. The molecule has 73 valence electrons. The predicted molar refractivity (Wildman–Crippen MR) is 71.0 cm³/mol. The third-order valence-electron chi connectivity index (χ3n) is 1.42. The molecule has 0 amide bonds. The monoisotopic (exact) mass is 309 g/mol. The Bertz CT molecular complexity index is 212. The smallest absolute Gasteiger partial charge is 0.156 e. The minimum Gasteiger partial charge on any atom is -0.363 e. The molecule has 0 saturated carbocycles. The molecule has 0 bridgehead atoms. The first kappa shape index (κ1) is 11.1. The van der Waals surface area contributed by atoms with Crippen LogP contribution in [0.15, 0.2) is 27.3 Å². The summed E-state index contributed by atoms with van der Waals surface area (Å²) in [5.74, 6) is 0. The molecule has 0 aromatic rings. The molecule has 0 fully saturated rings. The number of hydrogen-bond donors (Lipinski definition) is 1. The van der Waals surface area contributed by atoms with Crippen LogP contribution in [0, 0.1) is 0 Å². The number of nitrogens with one attached hydrogen (secondary N) is 1. The van der Waals surface area contributed by atoms with E-state index in [2.05, 4.69) is 32.6 Å². The van der Waals surface area contributed by atoms with Gasteiger partial charge in [0.15, 0.2) is 5.17 Å². The Morgan fingerprint density at radius 1 is 1.54 bits per heavy atom. The fourth-order valence-electron chi connectivity index (χ4n) is 0.839. The van der Waals surface area contributed by atoms with E-state index < -0.39 is 0 Å². The average Bonchev–Trinajstić information content (AvgIpc) is 2.74. The van der Waals surface area contributed by atoms with Gasteiger partial charge in [0.1, 0.15) is 0 Å². The lowest BCUT2D eigenvalue weighted by Gasteiger charge is -1.91. The van der Waals surface area contributed by atoms with Crippen molar-refractivity contribution in [3.63, 3.8) is 0 Å². The van der Waals surface area contributed by atoms with Crippen molar-refractivity contribution in [3.8, 4) is 0 Å². The molecule has 0 atom stereocenters. The molecule has 2 aliphatic heterocycles. The number of nitrogens with zero attached hydrogens (tertiary/aromatic N) is 1. The number of halogens is 1. The lowest BCUT2D eigenvalue weighted by atomic mass is 10.5. The van der Waals surface area contributed by atoms with Crippen LogP contribution in [0.5, 0.6) is 0 Å². The van der Waals surface area contributed by atoms with Gasteiger partial charge in [-0.25, -0.2) is 0 Å². The maximum absolute atomic E-state index is 4.12. The minimum absolute atomic E-state index is 0.447. The van der Waals surface area contributed by atoms with E-state index in [-0.39, 0.29) is 0 Å². The Balaban J connectivity index is 0.000000132. The molecule has 0 spiro atoms. The van der Waals surface area contributed by atoms with E-state index in [0.717, 1.165) is 18.3 Å². The van der Waals surface area contributed by atoms with Crippen molar-refractivity contribution in [1.82, 2.24) is 5.32 Å². The lowest BCUT2D eigenvalue weighted by Crippen LogP contribution is -2.14. The molecular formula is C9H14IN2S. The number of rotatable bonds is 0.